The van der Waals surface area contributed by atoms with Gasteiger partial charge in [0.05, 0.1) is 11.3 Å². The number of nitro groups is 1. The summed E-state index contributed by atoms with van der Waals surface area (Å²) >= 11 is 0. The van der Waals surface area contributed by atoms with Crippen molar-refractivity contribution in [3.05, 3.63) is 70.5 Å². The van der Waals surface area contributed by atoms with Crippen molar-refractivity contribution in [2.75, 3.05) is 0 Å². The molecule has 0 amide bonds. The Morgan fingerprint density at radius 1 is 0.808 bits per heavy atom. The van der Waals surface area contributed by atoms with E-state index in [0.29, 0.717) is 19.3 Å². The molecule has 0 aromatic carbocycles. The third kappa shape index (κ3) is 16.6. The van der Waals surface area contributed by atoms with Gasteiger partial charge in [0.1, 0.15) is 6.29 Å². The van der Waals surface area contributed by atoms with Crippen LogP contribution < -0.4 is 0 Å². The number of rotatable bonds is 16. The molecule has 0 saturated heterocycles. The SMILES string of the molecule is CC/C=C\C/C=C\C/C(=C\C/C=C\C/C=C\CCCCCC=O)[N+](=O)[O-]. The molecule has 0 aliphatic carbocycles. The van der Waals surface area contributed by atoms with Crippen molar-refractivity contribution in [3.63, 3.8) is 0 Å². The number of hydrogen-bond donors (Lipinski definition) is 0. The second kappa shape index (κ2) is 19.1. The van der Waals surface area contributed by atoms with Crippen LogP contribution in [0, 0.1) is 10.1 Å². The van der Waals surface area contributed by atoms with E-state index in [-0.39, 0.29) is 10.6 Å². The van der Waals surface area contributed by atoms with Gasteiger partial charge < -0.3 is 4.79 Å². The first kappa shape index (κ1) is 23.8. The molecule has 0 saturated carbocycles. The zero-order chi connectivity index (χ0) is 19.3. The number of hydrogen-bond acceptors (Lipinski definition) is 3. The number of allylic oxidation sites excluding steroid dienone is 9. The van der Waals surface area contributed by atoms with Crippen LogP contribution in [0.4, 0.5) is 0 Å². The van der Waals surface area contributed by atoms with E-state index in [9.17, 15) is 14.9 Å². The summed E-state index contributed by atoms with van der Waals surface area (Å²) in [6.45, 7) is 2.08. The van der Waals surface area contributed by atoms with Crippen LogP contribution in [0.2, 0.25) is 0 Å². The van der Waals surface area contributed by atoms with Gasteiger partial charge in [-0.3, -0.25) is 10.1 Å². The highest BCUT2D eigenvalue weighted by molar-refractivity contribution is 5.48. The van der Waals surface area contributed by atoms with Gasteiger partial charge in [-0.25, -0.2) is 0 Å². The number of unbranched alkanes of at least 4 members (excludes halogenated alkanes) is 4. The van der Waals surface area contributed by atoms with Gasteiger partial charge in [-0.1, -0.05) is 62.0 Å². The smallest absolute Gasteiger partial charge is 0.246 e. The van der Waals surface area contributed by atoms with E-state index in [1.807, 2.05) is 24.3 Å². The second-order valence-electron chi connectivity index (χ2n) is 5.96. The summed E-state index contributed by atoms with van der Waals surface area (Å²) < 4.78 is 0. The van der Waals surface area contributed by atoms with Gasteiger partial charge in [-0.15, -0.1) is 0 Å². The minimum absolute atomic E-state index is 0.247. The summed E-state index contributed by atoms with van der Waals surface area (Å²) in [5.41, 5.74) is 0.247. The zero-order valence-electron chi connectivity index (χ0n) is 16.0. The largest absolute Gasteiger partial charge is 0.303 e. The molecule has 26 heavy (non-hydrogen) atoms. The molecule has 0 N–H and O–H groups in total. The molecule has 144 valence electrons. The van der Waals surface area contributed by atoms with Crippen LogP contribution in [0.1, 0.15) is 71.1 Å². The molecule has 0 rings (SSSR count). The maximum absolute atomic E-state index is 11.0. The Bertz CT molecular complexity index is 513. The summed E-state index contributed by atoms with van der Waals surface area (Å²) in [5, 5.41) is 11.0. The standard InChI is InChI=1S/C22H33NO3/c1-2-3-4-5-13-16-19-22(23(25)26)20-17-14-11-9-7-6-8-10-12-15-18-21-24/h3-4,6-7,11,13-14,16,20-21H,2,5,8-10,12,15,17-19H2,1H3/b4-3-,7-6-,14-11-,16-13-,22-20+. The fourth-order valence-corrected chi connectivity index (χ4v) is 2.23. The molecule has 0 radical (unpaired) electrons. The highest BCUT2D eigenvalue weighted by atomic mass is 16.6. The van der Waals surface area contributed by atoms with E-state index in [1.165, 1.54) is 0 Å². The Kier molecular flexibility index (Phi) is 17.5. The van der Waals surface area contributed by atoms with Crippen LogP contribution in [-0.4, -0.2) is 11.2 Å². The normalized spacial score (nSPS) is 12.9. The quantitative estimate of drug-likeness (QED) is 0.104. The van der Waals surface area contributed by atoms with Gasteiger partial charge in [0.2, 0.25) is 5.70 Å². The molecule has 0 aliphatic heterocycles. The number of nitrogens with zero attached hydrogens (tertiary/aromatic N) is 1. The predicted octanol–water partition coefficient (Wildman–Crippen LogP) is 6.49. The lowest BCUT2D eigenvalue weighted by Gasteiger charge is -1.94. The lowest BCUT2D eigenvalue weighted by atomic mass is 10.1. The van der Waals surface area contributed by atoms with Crippen LogP contribution >= 0.6 is 0 Å². The maximum atomic E-state index is 11.0. The van der Waals surface area contributed by atoms with Crippen molar-refractivity contribution in [3.8, 4) is 0 Å². The molecule has 0 bridgehead atoms. The van der Waals surface area contributed by atoms with Gasteiger partial charge in [0.15, 0.2) is 0 Å². The number of aldehydes is 1. The van der Waals surface area contributed by atoms with Crippen molar-refractivity contribution >= 4 is 6.29 Å². The van der Waals surface area contributed by atoms with Crippen LogP contribution in [0.5, 0.6) is 0 Å². The van der Waals surface area contributed by atoms with E-state index in [4.69, 9.17) is 0 Å². The van der Waals surface area contributed by atoms with Crippen molar-refractivity contribution in [1.82, 2.24) is 0 Å². The maximum Gasteiger partial charge on any atom is 0.246 e. The summed E-state index contributed by atoms with van der Waals surface area (Å²) in [6, 6.07) is 0. The molecule has 0 aliphatic rings. The molecular formula is C22H33NO3. The Morgan fingerprint density at radius 3 is 2.12 bits per heavy atom. The molecule has 0 unspecified atom stereocenters. The molecule has 0 aromatic heterocycles. The minimum Gasteiger partial charge on any atom is -0.303 e. The van der Waals surface area contributed by atoms with Crippen molar-refractivity contribution in [1.29, 1.82) is 0 Å². The Morgan fingerprint density at radius 2 is 1.42 bits per heavy atom. The van der Waals surface area contributed by atoms with E-state index in [0.717, 1.165) is 51.2 Å². The molecule has 0 spiro atoms. The van der Waals surface area contributed by atoms with Crippen LogP contribution in [0.3, 0.4) is 0 Å². The van der Waals surface area contributed by atoms with E-state index in [1.54, 1.807) is 6.08 Å². The van der Waals surface area contributed by atoms with Crippen molar-refractivity contribution in [2.45, 2.75) is 71.1 Å². The first-order valence-electron chi connectivity index (χ1n) is 9.59. The molecule has 0 atom stereocenters. The Hall–Kier alpha value is -2.23. The minimum atomic E-state index is -0.301. The first-order valence-corrected chi connectivity index (χ1v) is 9.59. The first-order chi connectivity index (χ1) is 12.7. The predicted molar refractivity (Wildman–Crippen MR) is 110 cm³/mol. The van der Waals surface area contributed by atoms with Gasteiger partial charge >= 0.3 is 0 Å². The van der Waals surface area contributed by atoms with Gasteiger partial charge in [-0.05, 0) is 51.0 Å². The molecule has 0 fully saturated rings. The van der Waals surface area contributed by atoms with Crippen molar-refractivity contribution < 1.29 is 9.72 Å². The summed E-state index contributed by atoms with van der Waals surface area (Å²) in [7, 11) is 0. The topological polar surface area (TPSA) is 60.2 Å². The van der Waals surface area contributed by atoms with Gasteiger partial charge in [0.25, 0.3) is 0 Å². The molecule has 4 nitrogen and oxygen atoms in total. The molecule has 4 heteroatoms. The average molecular weight is 360 g/mol. The monoisotopic (exact) mass is 359 g/mol. The molecular weight excluding hydrogens is 326 g/mol. The highest BCUT2D eigenvalue weighted by Gasteiger charge is 2.06. The zero-order valence-corrected chi connectivity index (χ0v) is 16.0. The second-order valence-corrected chi connectivity index (χ2v) is 5.96. The lowest BCUT2D eigenvalue weighted by molar-refractivity contribution is -0.427. The number of carbonyl (C=O) groups is 1. The Balaban J connectivity index is 3.97. The highest BCUT2D eigenvalue weighted by Crippen LogP contribution is 2.07. The van der Waals surface area contributed by atoms with Gasteiger partial charge in [-0.2, -0.15) is 0 Å². The van der Waals surface area contributed by atoms with Crippen LogP contribution in [-0.2, 0) is 4.79 Å². The van der Waals surface area contributed by atoms with Crippen LogP contribution in [0.15, 0.2) is 60.4 Å². The van der Waals surface area contributed by atoms with Gasteiger partial charge in [0, 0.05) is 6.42 Å². The van der Waals surface area contributed by atoms with E-state index < -0.39 is 0 Å². The number of carbonyl (C=O) groups excluding carboxylic acids is 1. The third-order valence-corrected chi connectivity index (χ3v) is 3.69. The van der Waals surface area contributed by atoms with E-state index in [2.05, 4.69) is 31.2 Å². The summed E-state index contributed by atoms with van der Waals surface area (Å²) in [5.74, 6) is 0. The van der Waals surface area contributed by atoms with Crippen LogP contribution in [0.25, 0.3) is 0 Å². The summed E-state index contributed by atoms with van der Waals surface area (Å²) in [6.07, 6.45) is 27.4. The lowest BCUT2D eigenvalue weighted by Crippen LogP contribution is -1.97. The van der Waals surface area contributed by atoms with Crippen molar-refractivity contribution in [2.24, 2.45) is 0 Å². The molecule has 0 heterocycles. The summed E-state index contributed by atoms with van der Waals surface area (Å²) in [4.78, 5) is 20.9. The fourth-order valence-electron chi connectivity index (χ4n) is 2.23. The average Bonchev–Trinajstić information content (AvgIpc) is 2.63. The van der Waals surface area contributed by atoms with E-state index >= 15 is 0 Å². The Labute approximate surface area is 158 Å². The molecule has 0 aromatic rings. The fraction of sp³-hybridized carbons (Fsp3) is 0.500. The third-order valence-electron chi connectivity index (χ3n) is 3.69.